The molecule has 0 aromatic carbocycles. The monoisotopic (exact) mass is 252 g/mol. The molecule has 0 radical (unpaired) electrons. The summed E-state index contributed by atoms with van der Waals surface area (Å²) in [5.41, 5.74) is 1.24. The minimum atomic E-state index is 0.548. The van der Waals surface area contributed by atoms with Crippen LogP contribution < -0.4 is 5.32 Å². The van der Waals surface area contributed by atoms with Crippen LogP contribution in [0.3, 0.4) is 0 Å². The maximum Gasteiger partial charge on any atom is 0.0900 e. The van der Waals surface area contributed by atoms with Gasteiger partial charge in [-0.05, 0) is 39.2 Å². The van der Waals surface area contributed by atoms with Crippen LogP contribution >= 0.6 is 11.3 Å². The van der Waals surface area contributed by atoms with E-state index in [1.165, 1.54) is 47.7 Å². The van der Waals surface area contributed by atoms with Gasteiger partial charge in [-0.25, -0.2) is 4.98 Å². The fraction of sp³-hybridized carbons (Fsp3) is 0.786. The highest BCUT2D eigenvalue weighted by atomic mass is 32.1. The smallest absolute Gasteiger partial charge is 0.0900 e. The van der Waals surface area contributed by atoms with Gasteiger partial charge in [0.2, 0.25) is 0 Å². The maximum atomic E-state index is 4.57. The molecule has 1 unspecified atom stereocenters. The van der Waals surface area contributed by atoms with Crippen molar-refractivity contribution in [2.75, 3.05) is 6.54 Å². The first-order valence-corrected chi connectivity index (χ1v) is 7.69. The Kier molecular flexibility index (Phi) is 4.57. The molecular formula is C14H24N2S. The topological polar surface area (TPSA) is 24.9 Å². The van der Waals surface area contributed by atoms with Crippen LogP contribution in [-0.4, -0.2) is 11.5 Å². The molecule has 17 heavy (non-hydrogen) atoms. The number of thiazole rings is 1. The lowest BCUT2D eigenvalue weighted by Gasteiger charge is -2.30. The number of nitrogens with zero attached hydrogens (tertiary/aromatic N) is 1. The summed E-state index contributed by atoms with van der Waals surface area (Å²) in [5.74, 6) is 0.950. The molecule has 1 atom stereocenters. The zero-order valence-corrected chi connectivity index (χ0v) is 12.1. The van der Waals surface area contributed by atoms with E-state index in [4.69, 9.17) is 0 Å². The maximum absolute atomic E-state index is 4.57. The highest BCUT2D eigenvalue weighted by Gasteiger charge is 2.25. The SMILES string of the molecule is CCCNC(CC1CCC1)c1sc(C)nc1C. The van der Waals surface area contributed by atoms with Gasteiger partial charge in [0.25, 0.3) is 0 Å². The molecule has 1 aliphatic rings. The van der Waals surface area contributed by atoms with E-state index in [1.807, 2.05) is 11.3 Å². The van der Waals surface area contributed by atoms with Crippen molar-refractivity contribution in [2.24, 2.45) is 5.92 Å². The first-order valence-electron chi connectivity index (χ1n) is 6.88. The van der Waals surface area contributed by atoms with Crippen molar-refractivity contribution in [1.82, 2.24) is 10.3 Å². The molecule has 2 nitrogen and oxygen atoms in total. The molecule has 3 heteroatoms. The largest absolute Gasteiger partial charge is 0.309 e. The number of rotatable bonds is 6. The average Bonchev–Trinajstić information content (AvgIpc) is 2.56. The Morgan fingerprint density at radius 1 is 1.41 bits per heavy atom. The Bertz CT molecular complexity index is 355. The molecule has 0 spiro atoms. The summed E-state index contributed by atoms with van der Waals surface area (Å²) in [6.45, 7) is 7.62. The van der Waals surface area contributed by atoms with Gasteiger partial charge in [-0.3, -0.25) is 0 Å². The molecule has 0 saturated heterocycles. The van der Waals surface area contributed by atoms with E-state index >= 15 is 0 Å². The van der Waals surface area contributed by atoms with Crippen molar-refractivity contribution >= 4 is 11.3 Å². The standard InChI is InChI=1S/C14H24N2S/c1-4-8-15-13(9-12-6-5-7-12)14-10(2)16-11(3)17-14/h12-13,15H,4-9H2,1-3H3. The molecular weight excluding hydrogens is 228 g/mol. The number of nitrogens with one attached hydrogen (secondary N) is 1. The summed E-state index contributed by atoms with van der Waals surface area (Å²) in [7, 11) is 0. The summed E-state index contributed by atoms with van der Waals surface area (Å²) in [4.78, 5) is 6.04. The average molecular weight is 252 g/mol. The Balaban J connectivity index is 2.04. The molecule has 1 N–H and O–H groups in total. The molecule has 0 amide bonds. The number of hydrogen-bond acceptors (Lipinski definition) is 3. The lowest BCUT2D eigenvalue weighted by Crippen LogP contribution is -2.26. The van der Waals surface area contributed by atoms with Crippen LogP contribution in [0.5, 0.6) is 0 Å². The Morgan fingerprint density at radius 2 is 2.18 bits per heavy atom. The fourth-order valence-corrected chi connectivity index (χ4v) is 3.55. The van der Waals surface area contributed by atoms with Gasteiger partial charge in [0.15, 0.2) is 0 Å². The molecule has 1 aromatic rings. The summed E-state index contributed by atoms with van der Waals surface area (Å²) in [6.07, 6.45) is 6.81. The van der Waals surface area contributed by atoms with Crippen molar-refractivity contribution in [2.45, 2.75) is 58.9 Å². The summed E-state index contributed by atoms with van der Waals surface area (Å²) in [5, 5.41) is 4.91. The highest BCUT2D eigenvalue weighted by Crippen LogP contribution is 2.37. The second-order valence-corrected chi connectivity index (χ2v) is 6.46. The molecule has 1 saturated carbocycles. The molecule has 1 heterocycles. The lowest BCUT2D eigenvalue weighted by atomic mass is 9.80. The summed E-state index contributed by atoms with van der Waals surface area (Å²) in [6, 6.07) is 0.548. The van der Waals surface area contributed by atoms with Crippen molar-refractivity contribution < 1.29 is 0 Å². The van der Waals surface area contributed by atoms with E-state index in [9.17, 15) is 0 Å². The number of hydrogen-bond donors (Lipinski definition) is 1. The van der Waals surface area contributed by atoms with Crippen LogP contribution in [0.2, 0.25) is 0 Å². The minimum absolute atomic E-state index is 0.548. The van der Waals surface area contributed by atoms with Gasteiger partial charge >= 0.3 is 0 Å². The second kappa shape index (κ2) is 5.96. The Labute approximate surface area is 109 Å². The zero-order valence-electron chi connectivity index (χ0n) is 11.3. The normalized spacial score (nSPS) is 18.1. The van der Waals surface area contributed by atoms with E-state index in [1.54, 1.807) is 0 Å². The molecule has 0 bridgehead atoms. The van der Waals surface area contributed by atoms with Crippen molar-refractivity contribution in [1.29, 1.82) is 0 Å². The predicted molar refractivity (Wildman–Crippen MR) is 74.6 cm³/mol. The highest BCUT2D eigenvalue weighted by molar-refractivity contribution is 7.11. The summed E-state index contributed by atoms with van der Waals surface area (Å²) < 4.78 is 0. The van der Waals surface area contributed by atoms with Gasteiger partial charge in [0.1, 0.15) is 0 Å². The fourth-order valence-electron chi connectivity index (χ4n) is 2.53. The molecule has 96 valence electrons. The van der Waals surface area contributed by atoms with Crippen molar-refractivity contribution in [3.8, 4) is 0 Å². The number of aromatic nitrogens is 1. The number of aryl methyl sites for hydroxylation is 2. The van der Waals surface area contributed by atoms with Crippen LogP contribution in [0.25, 0.3) is 0 Å². The molecule has 1 aromatic heterocycles. The van der Waals surface area contributed by atoms with Crippen molar-refractivity contribution in [3.05, 3.63) is 15.6 Å². The van der Waals surface area contributed by atoms with Gasteiger partial charge in [0, 0.05) is 10.9 Å². The third-order valence-corrected chi connectivity index (χ3v) is 4.88. The quantitative estimate of drug-likeness (QED) is 0.828. The van der Waals surface area contributed by atoms with Gasteiger partial charge in [0.05, 0.1) is 10.7 Å². The van der Waals surface area contributed by atoms with Crippen LogP contribution in [0.15, 0.2) is 0 Å². The Morgan fingerprint density at radius 3 is 2.65 bits per heavy atom. The van der Waals surface area contributed by atoms with Crippen LogP contribution in [0, 0.1) is 19.8 Å². The minimum Gasteiger partial charge on any atom is -0.309 e. The molecule has 1 fully saturated rings. The molecule has 1 aliphatic carbocycles. The van der Waals surface area contributed by atoms with E-state index < -0.39 is 0 Å². The van der Waals surface area contributed by atoms with E-state index in [2.05, 4.69) is 31.1 Å². The first kappa shape index (κ1) is 13.0. The zero-order chi connectivity index (χ0) is 12.3. The van der Waals surface area contributed by atoms with E-state index in [-0.39, 0.29) is 0 Å². The lowest BCUT2D eigenvalue weighted by molar-refractivity contribution is 0.262. The van der Waals surface area contributed by atoms with E-state index in [0.29, 0.717) is 6.04 Å². The van der Waals surface area contributed by atoms with Crippen LogP contribution in [-0.2, 0) is 0 Å². The molecule has 2 rings (SSSR count). The third kappa shape index (κ3) is 3.29. The van der Waals surface area contributed by atoms with Gasteiger partial charge < -0.3 is 5.32 Å². The second-order valence-electron chi connectivity index (χ2n) is 5.22. The van der Waals surface area contributed by atoms with Gasteiger partial charge in [-0.15, -0.1) is 11.3 Å². The van der Waals surface area contributed by atoms with E-state index in [0.717, 1.165) is 12.5 Å². The van der Waals surface area contributed by atoms with Crippen LogP contribution in [0.1, 0.15) is 60.6 Å². The predicted octanol–water partition coefficient (Wildman–Crippen LogP) is 3.99. The Hall–Kier alpha value is -0.410. The van der Waals surface area contributed by atoms with Gasteiger partial charge in [-0.1, -0.05) is 26.2 Å². The first-order chi connectivity index (χ1) is 8.20. The summed E-state index contributed by atoms with van der Waals surface area (Å²) >= 11 is 1.88. The third-order valence-electron chi connectivity index (χ3n) is 3.69. The van der Waals surface area contributed by atoms with Gasteiger partial charge in [-0.2, -0.15) is 0 Å². The van der Waals surface area contributed by atoms with Crippen LogP contribution in [0.4, 0.5) is 0 Å². The van der Waals surface area contributed by atoms with Crippen molar-refractivity contribution in [3.63, 3.8) is 0 Å². The molecule has 0 aliphatic heterocycles.